The number of halogens is 2. The first-order chi connectivity index (χ1) is 9.62. The van der Waals surface area contributed by atoms with Crippen molar-refractivity contribution in [3.05, 3.63) is 0 Å². The average Bonchev–Trinajstić information content (AvgIpc) is 2.25. The first kappa shape index (κ1) is 21.7. The second-order valence-electron chi connectivity index (χ2n) is 6.02. The summed E-state index contributed by atoms with van der Waals surface area (Å²) < 4.78 is 10.9. The van der Waals surface area contributed by atoms with Crippen LogP contribution in [0.5, 0.6) is 0 Å². The maximum absolute atomic E-state index is 11.7. The fourth-order valence-electron chi connectivity index (χ4n) is 1.40. The van der Waals surface area contributed by atoms with Crippen LogP contribution in [0.15, 0.2) is 0 Å². The molecule has 0 amide bonds. The zero-order chi connectivity index (χ0) is 16.5. The van der Waals surface area contributed by atoms with Crippen LogP contribution in [0.3, 0.4) is 0 Å². The molecule has 0 aromatic heterocycles. The Balaban J connectivity index is 4.00. The van der Waals surface area contributed by atoms with E-state index in [-0.39, 0.29) is 20.8 Å². The van der Waals surface area contributed by atoms with Gasteiger partial charge in [-0.2, -0.15) is 0 Å². The third kappa shape index (κ3) is 14.0. The molecule has 0 bridgehead atoms. The molecule has 0 heterocycles. The van der Waals surface area contributed by atoms with Crippen LogP contribution in [0.2, 0.25) is 8.87 Å². The van der Waals surface area contributed by atoms with Crippen molar-refractivity contribution < 1.29 is 19.1 Å². The van der Waals surface area contributed by atoms with Gasteiger partial charge in [0.05, 0.1) is 0 Å². The third-order valence-electron chi connectivity index (χ3n) is 2.72. The van der Waals surface area contributed by atoms with Gasteiger partial charge in [-0.3, -0.25) is 0 Å². The molecule has 124 valence electrons. The van der Waals surface area contributed by atoms with E-state index in [2.05, 4.69) is 53.1 Å². The van der Waals surface area contributed by atoms with Gasteiger partial charge in [0, 0.05) is 0 Å². The summed E-state index contributed by atoms with van der Waals surface area (Å²) in [5.74, 6) is 0.537. The van der Waals surface area contributed by atoms with Crippen LogP contribution in [-0.4, -0.2) is 39.1 Å². The molecule has 0 spiro atoms. The fourth-order valence-corrected chi connectivity index (χ4v) is 10.9. The monoisotopic (exact) mass is 536 g/mol. The van der Waals surface area contributed by atoms with Gasteiger partial charge in [-0.25, -0.2) is 0 Å². The van der Waals surface area contributed by atoms with E-state index >= 15 is 0 Å². The van der Waals surface area contributed by atoms with Crippen LogP contribution in [-0.2, 0) is 19.1 Å². The second kappa shape index (κ2) is 11.3. The molecule has 0 unspecified atom stereocenters. The SMILES string of the molecule is CC(C)CCOC(=O)[CH2][Sn]([Br])([Br])[CH2]C(=O)OCCC(C)C. The Morgan fingerprint density at radius 3 is 1.48 bits per heavy atom. The van der Waals surface area contributed by atoms with Crippen LogP contribution in [0.4, 0.5) is 0 Å². The molecule has 0 saturated carbocycles. The molecule has 0 atom stereocenters. The number of carbonyl (C=O) groups excluding carboxylic acids is 2. The minimum atomic E-state index is -3.08. The summed E-state index contributed by atoms with van der Waals surface area (Å²) in [6, 6.07) is 0. The maximum atomic E-state index is 11.7. The van der Waals surface area contributed by atoms with Gasteiger partial charge >= 0.3 is 145 Å². The number of rotatable bonds is 10. The molecular formula is C14H26Br2O4Sn. The summed E-state index contributed by atoms with van der Waals surface area (Å²) in [4.78, 5) is 23.5. The second-order valence-corrected chi connectivity index (χ2v) is 40.4. The van der Waals surface area contributed by atoms with Crippen molar-refractivity contribution in [2.75, 3.05) is 13.2 Å². The van der Waals surface area contributed by atoms with E-state index < -0.39 is 13.9 Å². The standard InChI is InChI=1S/2C7H13O2.2BrH.Sn/c2*1-6(2)4-5-9-7(3)8;;;/h2*6H,3-5H2,1-2H3;2*1H;/q;;;;+2/p-2. The van der Waals surface area contributed by atoms with E-state index in [0.717, 1.165) is 12.8 Å². The van der Waals surface area contributed by atoms with Gasteiger partial charge < -0.3 is 0 Å². The first-order valence-electron chi connectivity index (χ1n) is 7.31. The van der Waals surface area contributed by atoms with Gasteiger partial charge in [0.2, 0.25) is 0 Å². The summed E-state index contributed by atoms with van der Waals surface area (Å²) >= 11 is 4.02. The topological polar surface area (TPSA) is 52.6 Å². The first-order valence-corrected chi connectivity index (χ1v) is 24.1. The van der Waals surface area contributed by atoms with Gasteiger partial charge in [-0.15, -0.1) is 0 Å². The van der Waals surface area contributed by atoms with Crippen molar-refractivity contribution in [1.29, 1.82) is 0 Å². The molecule has 7 heteroatoms. The van der Waals surface area contributed by atoms with E-state index in [1.54, 1.807) is 0 Å². The molecule has 0 aromatic carbocycles. The number of esters is 2. The summed E-state index contributed by atoms with van der Waals surface area (Å²) in [5, 5.41) is 0. The predicted octanol–water partition coefficient (Wildman–Crippen LogP) is 4.40. The van der Waals surface area contributed by atoms with Gasteiger partial charge in [-0.05, 0) is 0 Å². The van der Waals surface area contributed by atoms with Gasteiger partial charge in [0.15, 0.2) is 0 Å². The number of hydrogen-bond donors (Lipinski definition) is 0. The summed E-state index contributed by atoms with van der Waals surface area (Å²) in [6.07, 6.45) is 1.71. The van der Waals surface area contributed by atoms with Crippen LogP contribution in [0, 0.1) is 11.8 Å². The van der Waals surface area contributed by atoms with Crippen molar-refractivity contribution >= 4 is 51.3 Å². The Kier molecular flexibility index (Phi) is 11.6. The van der Waals surface area contributed by atoms with Gasteiger partial charge in [0.25, 0.3) is 0 Å². The molecule has 0 rings (SSSR count). The molecule has 0 aromatic rings. The zero-order valence-corrected chi connectivity index (χ0v) is 19.3. The Bertz CT molecular complexity index is 303. The van der Waals surface area contributed by atoms with E-state index in [1.807, 2.05) is 0 Å². The predicted molar refractivity (Wildman–Crippen MR) is 94.1 cm³/mol. The quantitative estimate of drug-likeness (QED) is 0.307. The van der Waals surface area contributed by atoms with Crippen molar-refractivity contribution in [3.8, 4) is 0 Å². The summed E-state index contributed by atoms with van der Waals surface area (Å²) in [6.45, 7) is 9.21. The van der Waals surface area contributed by atoms with Gasteiger partial charge in [-0.1, -0.05) is 0 Å². The molecule has 21 heavy (non-hydrogen) atoms. The molecule has 0 radical (unpaired) electrons. The van der Waals surface area contributed by atoms with Crippen molar-refractivity contribution in [2.24, 2.45) is 11.8 Å². The van der Waals surface area contributed by atoms with Crippen LogP contribution >= 0.6 is 25.4 Å². The molecule has 0 N–H and O–H groups in total. The Morgan fingerprint density at radius 2 is 1.19 bits per heavy atom. The molecule has 0 aliphatic carbocycles. The Morgan fingerprint density at radius 1 is 0.857 bits per heavy atom. The van der Waals surface area contributed by atoms with E-state index in [4.69, 9.17) is 9.47 Å². The van der Waals surface area contributed by atoms with Crippen LogP contribution in [0.25, 0.3) is 0 Å². The molecule has 0 fully saturated rings. The van der Waals surface area contributed by atoms with Crippen molar-refractivity contribution in [2.45, 2.75) is 49.4 Å². The molecule has 0 saturated heterocycles. The number of ether oxygens (including phenoxy) is 2. The number of hydrogen-bond acceptors (Lipinski definition) is 4. The fraction of sp³-hybridized carbons (Fsp3) is 0.857. The van der Waals surface area contributed by atoms with Crippen LogP contribution < -0.4 is 0 Å². The van der Waals surface area contributed by atoms with E-state index in [0.29, 0.717) is 25.0 Å². The molecule has 4 nitrogen and oxygen atoms in total. The minimum absolute atomic E-state index is 0.241. The van der Waals surface area contributed by atoms with Crippen molar-refractivity contribution in [1.82, 2.24) is 0 Å². The zero-order valence-electron chi connectivity index (χ0n) is 13.3. The molecule has 0 aliphatic rings. The normalized spacial score (nSPS) is 11.8. The Labute approximate surface area is 144 Å². The van der Waals surface area contributed by atoms with Crippen molar-refractivity contribution in [3.63, 3.8) is 0 Å². The van der Waals surface area contributed by atoms with Crippen LogP contribution in [0.1, 0.15) is 40.5 Å². The third-order valence-corrected chi connectivity index (χ3v) is 14.8. The van der Waals surface area contributed by atoms with Gasteiger partial charge in [0.1, 0.15) is 0 Å². The van der Waals surface area contributed by atoms with E-state index in [1.165, 1.54) is 0 Å². The molecular weight excluding hydrogens is 511 g/mol. The average molecular weight is 537 g/mol. The summed E-state index contributed by atoms with van der Waals surface area (Å²) in [7, 11) is 0. The number of carbonyl (C=O) groups is 2. The Hall–Kier alpha value is 0.699. The van der Waals surface area contributed by atoms with E-state index in [9.17, 15) is 9.59 Å². The summed E-state index contributed by atoms with van der Waals surface area (Å²) in [5.41, 5.74) is 0. The molecule has 0 aliphatic heterocycles.